The van der Waals surface area contributed by atoms with E-state index in [0.717, 1.165) is 54.8 Å². The standard InChI is InChI=1S/C18H23N5O2/c1-21-16-11-13(25-2)3-4-14(16)15-12-20-23(18(24)17(15)21)10-9-22-7-5-19-6-8-22/h3-4,11-12,19H,5-10H2,1-2H3. The Bertz CT molecular complexity index is 969. The molecule has 4 rings (SSSR count). The summed E-state index contributed by atoms with van der Waals surface area (Å²) in [6.07, 6.45) is 1.81. The van der Waals surface area contributed by atoms with E-state index in [4.69, 9.17) is 4.74 Å². The van der Waals surface area contributed by atoms with Crippen molar-refractivity contribution in [1.82, 2.24) is 24.6 Å². The average Bonchev–Trinajstić information content (AvgIpc) is 2.94. The molecule has 1 fully saturated rings. The van der Waals surface area contributed by atoms with Gasteiger partial charge in [-0.15, -0.1) is 0 Å². The third-order valence-electron chi connectivity index (χ3n) is 5.05. The van der Waals surface area contributed by atoms with Crippen molar-refractivity contribution in [2.75, 3.05) is 39.8 Å². The molecule has 0 aliphatic carbocycles. The molecule has 0 amide bonds. The van der Waals surface area contributed by atoms with Gasteiger partial charge in [-0.2, -0.15) is 5.10 Å². The Morgan fingerprint density at radius 2 is 2.00 bits per heavy atom. The predicted molar refractivity (Wildman–Crippen MR) is 98.3 cm³/mol. The Balaban J connectivity index is 1.72. The molecule has 1 aliphatic rings. The van der Waals surface area contributed by atoms with Crippen LogP contribution in [0, 0.1) is 0 Å². The summed E-state index contributed by atoms with van der Waals surface area (Å²) in [5.74, 6) is 0.783. The van der Waals surface area contributed by atoms with Crippen LogP contribution in [-0.2, 0) is 13.6 Å². The fourth-order valence-electron chi connectivity index (χ4n) is 3.59. The average molecular weight is 341 g/mol. The second-order valence-corrected chi connectivity index (χ2v) is 6.47. The van der Waals surface area contributed by atoms with Gasteiger partial charge < -0.3 is 14.6 Å². The first-order valence-electron chi connectivity index (χ1n) is 8.64. The Hall–Kier alpha value is -2.38. The van der Waals surface area contributed by atoms with E-state index in [1.807, 2.05) is 36.0 Å². The van der Waals surface area contributed by atoms with Crippen LogP contribution < -0.4 is 15.6 Å². The topological polar surface area (TPSA) is 64.3 Å². The minimum atomic E-state index is -0.0368. The van der Waals surface area contributed by atoms with Gasteiger partial charge in [0.05, 0.1) is 25.4 Å². The fraction of sp³-hybridized carbons (Fsp3) is 0.444. The maximum atomic E-state index is 13.0. The lowest BCUT2D eigenvalue weighted by Gasteiger charge is -2.26. The number of aromatic nitrogens is 3. The lowest BCUT2D eigenvalue weighted by molar-refractivity contribution is 0.228. The van der Waals surface area contributed by atoms with Gasteiger partial charge in [0, 0.05) is 56.6 Å². The van der Waals surface area contributed by atoms with Gasteiger partial charge in [-0.05, 0) is 12.1 Å². The molecule has 0 atom stereocenters. The summed E-state index contributed by atoms with van der Waals surface area (Å²) < 4.78 is 8.84. The molecule has 7 heteroatoms. The first kappa shape index (κ1) is 16.1. The number of methoxy groups -OCH3 is 1. The second kappa shape index (κ2) is 6.50. The highest BCUT2D eigenvalue weighted by atomic mass is 16.5. The summed E-state index contributed by atoms with van der Waals surface area (Å²) in [7, 11) is 3.57. The predicted octanol–water partition coefficient (Wildman–Crippen LogP) is 0.802. The van der Waals surface area contributed by atoms with Crippen molar-refractivity contribution < 1.29 is 4.74 Å². The lowest BCUT2D eigenvalue weighted by Crippen LogP contribution is -2.45. The molecule has 2 aromatic heterocycles. The van der Waals surface area contributed by atoms with E-state index in [1.54, 1.807) is 11.8 Å². The molecule has 7 nitrogen and oxygen atoms in total. The zero-order valence-electron chi connectivity index (χ0n) is 14.7. The Morgan fingerprint density at radius 3 is 2.76 bits per heavy atom. The van der Waals surface area contributed by atoms with E-state index in [-0.39, 0.29) is 5.56 Å². The fourth-order valence-corrected chi connectivity index (χ4v) is 3.59. The van der Waals surface area contributed by atoms with Crippen molar-refractivity contribution in [1.29, 1.82) is 0 Å². The van der Waals surface area contributed by atoms with Crippen LogP contribution >= 0.6 is 0 Å². The van der Waals surface area contributed by atoms with E-state index in [9.17, 15) is 4.79 Å². The Morgan fingerprint density at radius 1 is 1.20 bits per heavy atom. The largest absolute Gasteiger partial charge is 0.497 e. The van der Waals surface area contributed by atoms with Crippen LogP contribution in [0.5, 0.6) is 5.75 Å². The molecule has 1 aromatic carbocycles. The zero-order chi connectivity index (χ0) is 17.4. The SMILES string of the molecule is COc1ccc2c3cnn(CCN4CCNCC4)c(=O)c3n(C)c2c1. The molecular formula is C18H23N5O2. The molecule has 0 saturated carbocycles. The molecule has 0 unspecified atom stereocenters. The second-order valence-electron chi connectivity index (χ2n) is 6.47. The highest BCUT2D eigenvalue weighted by Gasteiger charge is 2.15. The smallest absolute Gasteiger partial charge is 0.291 e. The van der Waals surface area contributed by atoms with E-state index >= 15 is 0 Å². The van der Waals surface area contributed by atoms with Crippen LogP contribution in [0.1, 0.15) is 0 Å². The monoisotopic (exact) mass is 341 g/mol. The van der Waals surface area contributed by atoms with Crippen LogP contribution in [-0.4, -0.2) is 59.1 Å². The van der Waals surface area contributed by atoms with Gasteiger partial charge in [-0.25, -0.2) is 4.68 Å². The number of hydrogen-bond acceptors (Lipinski definition) is 5. The third-order valence-corrected chi connectivity index (χ3v) is 5.05. The van der Waals surface area contributed by atoms with E-state index in [0.29, 0.717) is 12.1 Å². The van der Waals surface area contributed by atoms with Gasteiger partial charge >= 0.3 is 0 Å². The Labute approximate surface area is 145 Å². The van der Waals surface area contributed by atoms with Gasteiger partial charge in [0.15, 0.2) is 0 Å². The van der Waals surface area contributed by atoms with Crippen molar-refractivity contribution in [2.24, 2.45) is 7.05 Å². The minimum absolute atomic E-state index is 0.0368. The van der Waals surface area contributed by atoms with Gasteiger partial charge in [0.25, 0.3) is 5.56 Å². The van der Waals surface area contributed by atoms with Crippen molar-refractivity contribution in [3.63, 3.8) is 0 Å². The summed E-state index contributed by atoms with van der Waals surface area (Å²) in [6, 6.07) is 5.86. The first-order chi connectivity index (χ1) is 12.2. The molecule has 0 radical (unpaired) electrons. The van der Waals surface area contributed by atoms with Crippen LogP contribution in [0.25, 0.3) is 21.8 Å². The number of rotatable bonds is 4. The summed E-state index contributed by atoms with van der Waals surface area (Å²) >= 11 is 0. The molecule has 0 spiro atoms. The molecule has 132 valence electrons. The van der Waals surface area contributed by atoms with Gasteiger partial charge in [-0.1, -0.05) is 0 Å². The summed E-state index contributed by atoms with van der Waals surface area (Å²) in [6.45, 7) is 5.51. The van der Waals surface area contributed by atoms with E-state index in [2.05, 4.69) is 15.3 Å². The van der Waals surface area contributed by atoms with Crippen molar-refractivity contribution in [2.45, 2.75) is 6.54 Å². The summed E-state index contributed by atoms with van der Waals surface area (Å²) in [5.41, 5.74) is 1.64. The number of nitrogens with one attached hydrogen (secondary N) is 1. The van der Waals surface area contributed by atoms with Crippen molar-refractivity contribution >= 4 is 21.8 Å². The third kappa shape index (κ3) is 2.79. The molecule has 0 bridgehead atoms. The number of piperazine rings is 1. The van der Waals surface area contributed by atoms with Gasteiger partial charge in [0.1, 0.15) is 11.3 Å². The number of fused-ring (bicyclic) bond motifs is 3. The number of aryl methyl sites for hydroxylation is 1. The maximum absolute atomic E-state index is 13.0. The zero-order valence-corrected chi connectivity index (χ0v) is 14.7. The first-order valence-corrected chi connectivity index (χ1v) is 8.64. The van der Waals surface area contributed by atoms with Gasteiger partial charge in [-0.3, -0.25) is 9.69 Å². The van der Waals surface area contributed by atoms with Crippen LogP contribution in [0.4, 0.5) is 0 Å². The van der Waals surface area contributed by atoms with Crippen LogP contribution in [0.3, 0.4) is 0 Å². The highest BCUT2D eigenvalue weighted by molar-refractivity contribution is 6.07. The molecule has 3 aromatic rings. The molecular weight excluding hydrogens is 318 g/mol. The summed E-state index contributed by atoms with van der Waals surface area (Å²) in [4.78, 5) is 15.3. The lowest BCUT2D eigenvalue weighted by atomic mass is 10.2. The Kier molecular flexibility index (Phi) is 4.19. The van der Waals surface area contributed by atoms with Crippen LogP contribution in [0.15, 0.2) is 29.2 Å². The molecule has 1 saturated heterocycles. The number of benzene rings is 1. The molecule has 3 heterocycles. The van der Waals surface area contributed by atoms with E-state index < -0.39 is 0 Å². The van der Waals surface area contributed by atoms with Gasteiger partial charge in [0.2, 0.25) is 0 Å². The van der Waals surface area contributed by atoms with Crippen molar-refractivity contribution in [3.05, 3.63) is 34.7 Å². The number of nitrogens with zero attached hydrogens (tertiary/aromatic N) is 4. The maximum Gasteiger partial charge on any atom is 0.291 e. The molecule has 1 N–H and O–H groups in total. The quantitative estimate of drug-likeness (QED) is 0.761. The minimum Gasteiger partial charge on any atom is -0.497 e. The molecule has 25 heavy (non-hydrogen) atoms. The highest BCUT2D eigenvalue weighted by Crippen LogP contribution is 2.28. The van der Waals surface area contributed by atoms with Crippen LogP contribution in [0.2, 0.25) is 0 Å². The van der Waals surface area contributed by atoms with E-state index in [1.165, 1.54) is 0 Å². The normalized spacial score (nSPS) is 15.9. The van der Waals surface area contributed by atoms with Crippen molar-refractivity contribution in [3.8, 4) is 5.75 Å². The number of hydrogen-bond donors (Lipinski definition) is 1. The molecule has 1 aliphatic heterocycles. The summed E-state index contributed by atoms with van der Waals surface area (Å²) in [5, 5.41) is 9.67. The number of ether oxygens (including phenoxy) is 1.